The average molecular weight is 431 g/mol. The summed E-state index contributed by atoms with van der Waals surface area (Å²) in [7, 11) is 0. The third-order valence-corrected chi connectivity index (χ3v) is 6.12. The molecule has 1 amide bonds. The molecule has 0 aliphatic heterocycles. The van der Waals surface area contributed by atoms with Gasteiger partial charge in [0.1, 0.15) is 15.7 Å². The lowest BCUT2D eigenvalue weighted by Crippen LogP contribution is -2.25. The summed E-state index contributed by atoms with van der Waals surface area (Å²) in [5.74, 6) is 1.41. The minimum Gasteiger partial charge on any atom is -0.351 e. The first kappa shape index (κ1) is 21.4. The Hall–Kier alpha value is -2.26. The van der Waals surface area contributed by atoms with E-state index in [9.17, 15) is 4.79 Å². The van der Waals surface area contributed by atoms with Gasteiger partial charge in [-0.1, -0.05) is 31.7 Å². The van der Waals surface area contributed by atoms with Crippen LogP contribution in [0.5, 0.6) is 0 Å². The van der Waals surface area contributed by atoms with Crippen molar-refractivity contribution < 1.29 is 4.79 Å². The molecule has 0 bridgehead atoms. The predicted octanol–water partition coefficient (Wildman–Crippen LogP) is 3.85. The molecule has 3 heterocycles. The first-order valence-electron chi connectivity index (χ1n) is 9.62. The van der Waals surface area contributed by atoms with E-state index in [1.807, 2.05) is 31.4 Å². The number of thiazole rings is 1. The summed E-state index contributed by atoms with van der Waals surface area (Å²) in [6.45, 7) is 7.71. The standard InChI is InChI=1S/C20H26N6OS2/c1-13(2)12-26-16(24-25-20(26)28-4)9-7-11-22-18(27)17-14(3)23-19(29-17)15-8-5-6-10-21-15/h5-6,8,10,13H,7,9,11-12H2,1-4H3,(H,22,27). The van der Waals surface area contributed by atoms with Gasteiger partial charge in [0.25, 0.3) is 5.91 Å². The largest absolute Gasteiger partial charge is 0.351 e. The van der Waals surface area contributed by atoms with Gasteiger partial charge in [-0.25, -0.2) is 4.98 Å². The molecular weight excluding hydrogens is 404 g/mol. The molecule has 0 saturated heterocycles. The molecule has 154 valence electrons. The van der Waals surface area contributed by atoms with Crippen LogP contribution in [0.3, 0.4) is 0 Å². The number of pyridine rings is 1. The monoisotopic (exact) mass is 430 g/mol. The van der Waals surface area contributed by atoms with Gasteiger partial charge in [0, 0.05) is 25.7 Å². The van der Waals surface area contributed by atoms with Gasteiger partial charge in [0.2, 0.25) is 0 Å². The quantitative estimate of drug-likeness (QED) is 0.410. The van der Waals surface area contributed by atoms with Crippen LogP contribution >= 0.6 is 23.1 Å². The van der Waals surface area contributed by atoms with E-state index in [4.69, 9.17) is 0 Å². The lowest BCUT2D eigenvalue weighted by atomic mass is 10.2. The van der Waals surface area contributed by atoms with Gasteiger partial charge in [-0.05, 0) is 37.7 Å². The molecule has 0 atom stereocenters. The summed E-state index contributed by atoms with van der Waals surface area (Å²) in [5, 5.41) is 13.3. The van der Waals surface area contributed by atoms with Crippen molar-refractivity contribution in [1.82, 2.24) is 30.0 Å². The van der Waals surface area contributed by atoms with Crippen LogP contribution < -0.4 is 5.32 Å². The topological polar surface area (TPSA) is 85.6 Å². The maximum atomic E-state index is 12.6. The van der Waals surface area contributed by atoms with Crippen molar-refractivity contribution in [3.8, 4) is 10.7 Å². The molecular formula is C20H26N6OS2. The molecule has 0 fully saturated rings. The molecule has 0 spiro atoms. The lowest BCUT2D eigenvalue weighted by Gasteiger charge is -2.11. The molecule has 0 aliphatic carbocycles. The fourth-order valence-corrected chi connectivity index (χ4v) is 4.42. The molecule has 29 heavy (non-hydrogen) atoms. The summed E-state index contributed by atoms with van der Waals surface area (Å²) >= 11 is 2.99. The highest BCUT2D eigenvalue weighted by Crippen LogP contribution is 2.26. The van der Waals surface area contributed by atoms with Gasteiger partial charge in [-0.15, -0.1) is 21.5 Å². The van der Waals surface area contributed by atoms with Gasteiger partial charge >= 0.3 is 0 Å². The second kappa shape index (κ2) is 9.98. The second-order valence-electron chi connectivity index (χ2n) is 7.12. The summed E-state index contributed by atoms with van der Waals surface area (Å²) < 4.78 is 2.18. The zero-order chi connectivity index (χ0) is 20.8. The summed E-state index contributed by atoms with van der Waals surface area (Å²) in [5.41, 5.74) is 1.52. The molecule has 3 rings (SSSR count). The number of aryl methyl sites for hydroxylation is 2. The number of aromatic nitrogens is 5. The van der Waals surface area contributed by atoms with E-state index in [1.54, 1.807) is 18.0 Å². The normalized spacial score (nSPS) is 11.2. The molecule has 0 saturated carbocycles. The Labute approximate surface area is 179 Å². The third-order valence-electron chi connectivity index (χ3n) is 4.27. The number of carbonyl (C=O) groups is 1. The van der Waals surface area contributed by atoms with Crippen LogP contribution in [0.1, 0.15) is 41.5 Å². The minimum absolute atomic E-state index is 0.0874. The van der Waals surface area contributed by atoms with Crippen LogP contribution in [0.15, 0.2) is 29.6 Å². The SMILES string of the molecule is CSc1nnc(CCCNC(=O)c2sc(-c3ccccn3)nc2C)n1CC(C)C. The number of rotatable bonds is 9. The second-order valence-corrected chi connectivity index (χ2v) is 8.89. The highest BCUT2D eigenvalue weighted by molar-refractivity contribution is 7.98. The first-order valence-corrected chi connectivity index (χ1v) is 11.7. The number of nitrogens with one attached hydrogen (secondary N) is 1. The molecule has 0 radical (unpaired) electrons. The Balaban J connectivity index is 1.56. The molecule has 7 nitrogen and oxygen atoms in total. The molecule has 0 unspecified atom stereocenters. The van der Waals surface area contributed by atoms with Crippen LogP contribution in [-0.4, -0.2) is 43.4 Å². The highest BCUT2D eigenvalue weighted by atomic mass is 32.2. The van der Waals surface area contributed by atoms with E-state index in [0.717, 1.165) is 46.8 Å². The molecule has 0 aliphatic rings. The Kier molecular flexibility index (Phi) is 7.38. The molecule has 3 aromatic rings. The summed E-state index contributed by atoms with van der Waals surface area (Å²) in [4.78, 5) is 22.0. The average Bonchev–Trinajstić information content (AvgIpc) is 3.28. The van der Waals surface area contributed by atoms with Crippen molar-refractivity contribution in [1.29, 1.82) is 0 Å². The Morgan fingerprint density at radius 1 is 1.31 bits per heavy atom. The Morgan fingerprint density at radius 3 is 2.83 bits per heavy atom. The van der Waals surface area contributed by atoms with Crippen molar-refractivity contribution >= 4 is 29.0 Å². The number of carbonyl (C=O) groups excluding carboxylic acids is 1. The van der Waals surface area contributed by atoms with Crippen LogP contribution in [-0.2, 0) is 13.0 Å². The highest BCUT2D eigenvalue weighted by Gasteiger charge is 2.17. The van der Waals surface area contributed by atoms with Gasteiger partial charge in [-0.2, -0.15) is 0 Å². The number of thioether (sulfide) groups is 1. The number of amides is 1. The maximum absolute atomic E-state index is 12.6. The molecule has 9 heteroatoms. The van der Waals surface area contributed by atoms with E-state index in [-0.39, 0.29) is 5.91 Å². The Bertz CT molecular complexity index is 951. The van der Waals surface area contributed by atoms with E-state index in [1.165, 1.54) is 11.3 Å². The van der Waals surface area contributed by atoms with E-state index in [2.05, 4.69) is 43.9 Å². The van der Waals surface area contributed by atoms with Crippen molar-refractivity contribution in [3.63, 3.8) is 0 Å². The smallest absolute Gasteiger partial charge is 0.263 e. The zero-order valence-electron chi connectivity index (χ0n) is 17.2. The summed E-state index contributed by atoms with van der Waals surface area (Å²) in [6.07, 6.45) is 5.33. The molecule has 0 aromatic carbocycles. The van der Waals surface area contributed by atoms with E-state index in [0.29, 0.717) is 17.3 Å². The summed E-state index contributed by atoms with van der Waals surface area (Å²) in [6, 6.07) is 5.68. The maximum Gasteiger partial charge on any atom is 0.263 e. The van der Waals surface area contributed by atoms with Crippen LogP contribution in [0, 0.1) is 12.8 Å². The van der Waals surface area contributed by atoms with Crippen molar-refractivity contribution in [2.75, 3.05) is 12.8 Å². The lowest BCUT2D eigenvalue weighted by molar-refractivity contribution is 0.0956. The van der Waals surface area contributed by atoms with Crippen molar-refractivity contribution in [3.05, 3.63) is 40.8 Å². The number of hydrogen-bond acceptors (Lipinski definition) is 7. The number of hydrogen-bond donors (Lipinski definition) is 1. The minimum atomic E-state index is -0.0874. The van der Waals surface area contributed by atoms with Gasteiger partial charge in [0.15, 0.2) is 5.16 Å². The fourth-order valence-electron chi connectivity index (χ4n) is 2.94. The van der Waals surface area contributed by atoms with Gasteiger partial charge in [-0.3, -0.25) is 9.78 Å². The van der Waals surface area contributed by atoms with Gasteiger partial charge in [0.05, 0.1) is 11.4 Å². The van der Waals surface area contributed by atoms with Crippen molar-refractivity contribution in [2.24, 2.45) is 5.92 Å². The van der Waals surface area contributed by atoms with E-state index >= 15 is 0 Å². The molecule has 1 N–H and O–H groups in total. The van der Waals surface area contributed by atoms with Crippen molar-refractivity contribution in [2.45, 2.75) is 45.3 Å². The molecule has 3 aromatic heterocycles. The Morgan fingerprint density at radius 2 is 2.14 bits per heavy atom. The predicted molar refractivity (Wildman–Crippen MR) is 117 cm³/mol. The third kappa shape index (κ3) is 5.42. The fraction of sp³-hybridized carbons (Fsp3) is 0.450. The first-order chi connectivity index (χ1) is 14.0. The van der Waals surface area contributed by atoms with Crippen LogP contribution in [0.4, 0.5) is 0 Å². The number of nitrogens with zero attached hydrogens (tertiary/aromatic N) is 5. The van der Waals surface area contributed by atoms with Crippen LogP contribution in [0.25, 0.3) is 10.7 Å². The zero-order valence-corrected chi connectivity index (χ0v) is 18.8. The van der Waals surface area contributed by atoms with Gasteiger partial charge < -0.3 is 9.88 Å². The van der Waals surface area contributed by atoms with E-state index < -0.39 is 0 Å². The van der Waals surface area contributed by atoms with Crippen LogP contribution in [0.2, 0.25) is 0 Å².